The molecule has 0 saturated heterocycles. The van der Waals surface area contributed by atoms with E-state index in [0.717, 1.165) is 11.4 Å². The molecule has 0 atom stereocenters. The summed E-state index contributed by atoms with van der Waals surface area (Å²) in [5, 5.41) is 5.18. The molecule has 0 amide bonds. The quantitative estimate of drug-likeness (QED) is 0.413. The molecular formula is C22H22ClN5O3. The Morgan fingerprint density at radius 2 is 2.03 bits per heavy atom. The van der Waals surface area contributed by atoms with Gasteiger partial charge in [-0.15, -0.1) is 0 Å². The summed E-state index contributed by atoms with van der Waals surface area (Å²) in [6, 6.07) is 8.98. The van der Waals surface area contributed by atoms with E-state index >= 15 is 0 Å². The van der Waals surface area contributed by atoms with Gasteiger partial charge >= 0.3 is 0 Å². The second-order valence-electron chi connectivity index (χ2n) is 7.30. The van der Waals surface area contributed by atoms with Crippen LogP contribution in [0.15, 0.2) is 47.7 Å². The molecule has 0 spiro atoms. The van der Waals surface area contributed by atoms with E-state index in [2.05, 4.69) is 10.1 Å². The van der Waals surface area contributed by atoms with Crippen molar-refractivity contribution >= 4 is 28.4 Å². The van der Waals surface area contributed by atoms with Gasteiger partial charge in [0.15, 0.2) is 11.4 Å². The molecular weight excluding hydrogens is 418 g/mol. The van der Waals surface area contributed by atoms with Crippen molar-refractivity contribution in [3.63, 3.8) is 0 Å². The van der Waals surface area contributed by atoms with E-state index in [0.29, 0.717) is 40.5 Å². The van der Waals surface area contributed by atoms with Gasteiger partial charge in [0, 0.05) is 35.6 Å². The van der Waals surface area contributed by atoms with Crippen LogP contribution in [0.25, 0.3) is 16.7 Å². The maximum Gasteiger partial charge on any atom is 0.264 e. The Kier molecular flexibility index (Phi) is 5.75. The number of carbonyl (C=O) groups is 1. The lowest BCUT2D eigenvalue weighted by molar-refractivity contribution is 0.0969. The number of ether oxygens (including phenoxy) is 1. The number of halogens is 1. The Bertz CT molecular complexity index is 1330. The number of carbonyl (C=O) groups excluding carboxylic acids is 1. The number of methoxy groups -OCH3 is 1. The number of aromatic nitrogens is 5. The van der Waals surface area contributed by atoms with Crippen molar-refractivity contribution in [3.8, 4) is 5.69 Å². The molecule has 0 aliphatic heterocycles. The fraction of sp³-hybridized carbons (Fsp3) is 0.273. The van der Waals surface area contributed by atoms with E-state index in [9.17, 15) is 9.59 Å². The molecule has 4 aromatic rings. The van der Waals surface area contributed by atoms with Crippen molar-refractivity contribution in [2.45, 2.75) is 26.9 Å². The third kappa shape index (κ3) is 3.92. The van der Waals surface area contributed by atoms with E-state index in [1.165, 1.54) is 17.1 Å². The van der Waals surface area contributed by atoms with E-state index in [1.54, 1.807) is 30.0 Å². The number of fused-ring (bicyclic) bond motifs is 1. The van der Waals surface area contributed by atoms with Gasteiger partial charge in [0.25, 0.3) is 5.56 Å². The minimum atomic E-state index is -0.320. The van der Waals surface area contributed by atoms with E-state index < -0.39 is 0 Å². The predicted molar refractivity (Wildman–Crippen MR) is 118 cm³/mol. The summed E-state index contributed by atoms with van der Waals surface area (Å²) >= 11 is 6.06. The van der Waals surface area contributed by atoms with Gasteiger partial charge in [-0.3, -0.25) is 14.2 Å². The van der Waals surface area contributed by atoms with Gasteiger partial charge in [-0.05, 0) is 38.1 Å². The second kappa shape index (κ2) is 8.49. The number of hydrogen-bond donors (Lipinski definition) is 0. The van der Waals surface area contributed by atoms with Crippen molar-refractivity contribution in [1.82, 2.24) is 23.9 Å². The Morgan fingerprint density at radius 3 is 2.77 bits per heavy atom. The maximum absolute atomic E-state index is 13.0. The van der Waals surface area contributed by atoms with Crippen molar-refractivity contribution in [2.24, 2.45) is 0 Å². The van der Waals surface area contributed by atoms with Crippen LogP contribution in [-0.2, 0) is 17.8 Å². The molecule has 3 heterocycles. The van der Waals surface area contributed by atoms with Crippen molar-refractivity contribution in [2.75, 3.05) is 13.7 Å². The first-order valence-electron chi connectivity index (χ1n) is 9.78. The zero-order valence-corrected chi connectivity index (χ0v) is 18.3. The van der Waals surface area contributed by atoms with Gasteiger partial charge in [0.05, 0.1) is 25.0 Å². The Labute approximate surface area is 183 Å². The molecule has 0 N–H and O–H groups in total. The SMILES string of the molecule is COCCn1c(C)cc(C(=O)Cn2cnc3c(cnn3-c3cccc(Cl)c3)c2=O)c1C. The third-order valence-corrected chi connectivity index (χ3v) is 5.55. The normalized spacial score (nSPS) is 11.4. The lowest BCUT2D eigenvalue weighted by Gasteiger charge is -2.09. The fourth-order valence-corrected chi connectivity index (χ4v) is 3.89. The van der Waals surface area contributed by atoms with Crippen LogP contribution in [-0.4, -0.2) is 43.4 Å². The van der Waals surface area contributed by atoms with Crippen LogP contribution in [0.1, 0.15) is 21.7 Å². The summed E-state index contributed by atoms with van der Waals surface area (Å²) in [6.07, 6.45) is 2.85. The molecule has 4 rings (SSSR count). The van der Waals surface area contributed by atoms with Gasteiger partial charge in [0.2, 0.25) is 0 Å². The summed E-state index contributed by atoms with van der Waals surface area (Å²) in [7, 11) is 1.64. The molecule has 160 valence electrons. The Morgan fingerprint density at radius 1 is 1.23 bits per heavy atom. The smallest absolute Gasteiger partial charge is 0.264 e. The number of nitrogens with zero attached hydrogens (tertiary/aromatic N) is 5. The third-order valence-electron chi connectivity index (χ3n) is 5.31. The molecule has 31 heavy (non-hydrogen) atoms. The van der Waals surface area contributed by atoms with Crippen molar-refractivity contribution < 1.29 is 9.53 Å². The average Bonchev–Trinajstić information content (AvgIpc) is 3.30. The van der Waals surface area contributed by atoms with Gasteiger partial charge < -0.3 is 9.30 Å². The van der Waals surface area contributed by atoms with Gasteiger partial charge in [-0.1, -0.05) is 17.7 Å². The van der Waals surface area contributed by atoms with Crippen LogP contribution in [0.5, 0.6) is 0 Å². The van der Waals surface area contributed by atoms with Crippen LogP contribution in [0.3, 0.4) is 0 Å². The topological polar surface area (TPSA) is 83.9 Å². The van der Waals surface area contributed by atoms with Crippen molar-refractivity contribution in [1.29, 1.82) is 0 Å². The standard InChI is InChI=1S/C22H22ClN5O3/c1-14-9-18(15(2)27(14)7-8-31-3)20(29)12-26-13-24-21-19(22(26)30)11-25-28(21)17-6-4-5-16(23)10-17/h4-6,9-11,13H,7-8,12H2,1-3H3. The predicted octanol–water partition coefficient (Wildman–Crippen LogP) is 3.18. The molecule has 0 fully saturated rings. The molecule has 9 heteroatoms. The lowest BCUT2D eigenvalue weighted by atomic mass is 10.1. The molecule has 0 saturated carbocycles. The highest BCUT2D eigenvalue weighted by Gasteiger charge is 2.18. The average molecular weight is 440 g/mol. The highest BCUT2D eigenvalue weighted by molar-refractivity contribution is 6.30. The van der Waals surface area contributed by atoms with Gasteiger partial charge in [-0.25, -0.2) is 9.67 Å². The highest BCUT2D eigenvalue weighted by Crippen LogP contribution is 2.19. The van der Waals surface area contributed by atoms with E-state index in [4.69, 9.17) is 16.3 Å². The van der Waals surface area contributed by atoms with Crippen molar-refractivity contribution in [3.05, 3.63) is 75.2 Å². The number of aryl methyl sites for hydroxylation is 1. The fourth-order valence-electron chi connectivity index (χ4n) is 3.71. The van der Waals surface area contributed by atoms with Crippen LogP contribution in [0.4, 0.5) is 0 Å². The molecule has 0 bridgehead atoms. The number of ketones is 1. The number of Topliss-reactive ketones (excluding diaryl/α,β-unsaturated/α-hetero) is 1. The molecule has 8 nitrogen and oxygen atoms in total. The monoisotopic (exact) mass is 439 g/mol. The van der Waals surface area contributed by atoms with Gasteiger partial charge in [-0.2, -0.15) is 5.10 Å². The summed E-state index contributed by atoms with van der Waals surface area (Å²) in [5.74, 6) is -0.151. The molecule has 0 unspecified atom stereocenters. The number of benzene rings is 1. The maximum atomic E-state index is 13.0. The molecule has 0 aliphatic rings. The summed E-state index contributed by atoms with van der Waals surface area (Å²) in [6.45, 7) is 4.97. The first-order valence-corrected chi connectivity index (χ1v) is 10.2. The first-order chi connectivity index (χ1) is 14.9. The first kappa shape index (κ1) is 21.0. The highest BCUT2D eigenvalue weighted by atomic mass is 35.5. The van der Waals surface area contributed by atoms with Crippen LogP contribution in [0, 0.1) is 13.8 Å². The van der Waals surface area contributed by atoms with E-state index in [1.807, 2.05) is 30.5 Å². The van der Waals surface area contributed by atoms with Crippen LogP contribution < -0.4 is 5.56 Å². The summed E-state index contributed by atoms with van der Waals surface area (Å²) < 4.78 is 10.1. The Hall–Kier alpha value is -3.23. The summed E-state index contributed by atoms with van der Waals surface area (Å²) in [5.41, 5.74) is 3.22. The minimum absolute atomic E-state index is 0.0985. The molecule has 1 aromatic carbocycles. The van der Waals surface area contributed by atoms with Crippen LogP contribution in [0.2, 0.25) is 5.02 Å². The summed E-state index contributed by atoms with van der Waals surface area (Å²) in [4.78, 5) is 30.3. The zero-order valence-electron chi connectivity index (χ0n) is 17.5. The molecule has 0 radical (unpaired) electrons. The largest absolute Gasteiger partial charge is 0.383 e. The molecule has 0 aliphatic carbocycles. The van der Waals surface area contributed by atoms with E-state index in [-0.39, 0.29) is 17.9 Å². The van der Waals surface area contributed by atoms with Gasteiger partial charge in [0.1, 0.15) is 11.7 Å². The lowest BCUT2D eigenvalue weighted by Crippen LogP contribution is -2.25. The zero-order chi connectivity index (χ0) is 22.1. The number of rotatable bonds is 7. The number of hydrogen-bond acceptors (Lipinski definition) is 5. The Balaban J connectivity index is 1.65. The van der Waals surface area contributed by atoms with Crippen LogP contribution >= 0.6 is 11.6 Å². The second-order valence-corrected chi connectivity index (χ2v) is 7.74. The molecule has 3 aromatic heterocycles. The minimum Gasteiger partial charge on any atom is -0.383 e.